The second kappa shape index (κ2) is 23.1. The van der Waals surface area contributed by atoms with Crippen molar-refractivity contribution >= 4 is 14.3 Å². The van der Waals surface area contributed by atoms with Crippen molar-refractivity contribution in [1.29, 1.82) is 0 Å². The Balaban J connectivity index is 4.02. The van der Waals surface area contributed by atoms with Gasteiger partial charge in [0.05, 0.1) is 0 Å². The van der Waals surface area contributed by atoms with Gasteiger partial charge < -0.3 is 0 Å². The molecule has 0 radical (unpaired) electrons. The Morgan fingerprint density at radius 2 is 0.621 bits per heavy atom. The number of hydrogen-bond donors (Lipinski definition) is 0. The summed E-state index contributed by atoms with van der Waals surface area (Å²) in [7, 11) is 0. The molecule has 0 saturated carbocycles. The second-order valence-electron chi connectivity index (χ2n) is 8.71. The molecule has 0 aliphatic heterocycles. The fourth-order valence-electron chi connectivity index (χ4n) is 3.54. The maximum atomic E-state index is 6.27. The monoisotopic (exact) mass is 476 g/mol. The first-order valence-electron chi connectivity index (χ1n) is 13.1. The van der Waals surface area contributed by atoms with Crippen LogP contribution in [-0.2, 0) is 11.3 Å². The van der Waals surface area contributed by atoms with Gasteiger partial charge in [0.1, 0.15) is 0 Å². The first-order valence-corrected chi connectivity index (χ1v) is 17.8. The van der Waals surface area contributed by atoms with Crippen molar-refractivity contribution in [3.63, 3.8) is 0 Å². The zero-order valence-electron chi connectivity index (χ0n) is 20.6. The molecule has 0 fully saturated rings. The van der Waals surface area contributed by atoms with Gasteiger partial charge in [-0.25, -0.2) is 0 Å². The van der Waals surface area contributed by atoms with Crippen LogP contribution >= 0.6 is 0 Å². The van der Waals surface area contributed by atoms with Gasteiger partial charge in [-0.15, -0.1) is 0 Å². The molecule has 0 amide bonds. The van der Waals surface area contributed by atoms with E-state index < -0.39 is 14.3 Å². The summed E-state index contributed by atoms with van der Waals surface area (Å²) < 4.78 is 18.8. The molecule has 1 unspecified atom stereocenters. The maximum absolute atomic E-state index is 6.27. The van der Waals surface area contributed by atoms with Crippen molar-refractivity contribution < 1.29 is 11.3 Å². The number of rotatable bonds is 24. The van der Waals surface area contributed by atoms with E-state index in [1.54, 1.807) is 0 Å². The van der Waals surface area contributed by atoms with Gasteiger partial charge in [-0.2, -0.15) is 0 Å². The molecule has 0 N–H and O–H groups in total. The summed E-state index contributed by atoms with van der Waals surface area (Å²) in [6, 6.07) is 0. The van der Waals surface area contributed by atoms with E-state index in [1.165, 1.54) is 96.3 Å². The molecule has 3 nitrogen and oxygen atoms in total. The molecule has 1 atom stereocenters. The van der Waals surface area contributed by atoms with Crippen LogP contribution in [0.1, 0.15) is 136 Å². The van der Waals surface area contributed by atoms with E-state index in [2.05, 4.69) is 26.5 Å². The summed E-state index contributed by atoms with van der Waals surface area (Å²) in [4.78, 5) is 0. The third-order valence-corrected chi connectivity index (χ3v) is 10.2. The van der Waals surface area contributed by atoms with Crippen molar-refractivity contribution in [3.8, 4) is 0 Å². The summed E-state index contributed by atoms with van der Waals surface area (Å²) in [5.74, 6) is 2.16. The summed E-state index contributed by atoms with van der Waals surface area (Å²) >= 11 is -3.04. The van der Waals surface area contributed by atoms with Gasteiger partial charge in [0.2, 0.25) is 0 Å². The molecule has 0 aliphatic carbocycles. The predicted octanol–water partition coefficient (Wildman–Crippen LogP) is 8.69. The Morgan fingerprint density at radius 1 is 0.379 bits per heavy atom. The summed E-state index contributed by atoms with van der Waals surface area (Å²) in [5.41, 5.74) is 0. The minimum atomic E-state index is -3.04. The van der Waals surface area contributed by atoms with Crippen LogP contribution in [0.2, 0.25) is 5.76 Å². The van der Waals surface area contributed by atoms with Crippen LogP contribution in [0.3, 0.4) is 0 Å². The van der Waals surface area contributed by atoms with Crippen molar-refractivity contribution in [2.75, 3.05) is 19.8 Å². The SMILES string of the molecule is CCCCCCCCC[O][Ge]([CH3])([O]CCCCCCC)[O]CCCCCCCC. The van der Waals surface area contributed by atoms with Crippen molar-refractivity contribution in [2.24, 2.45) is 0 Å². The molecule has 0 aromatic rings. The molecular formula is C25H54GeO3. The van der Waals surface area contributed by atoms with Crippen LogP contribution in [-0.4, -0.2) is 34.1 Å². The number of hydrogen-bond acceptors (Lipinski definition) is 3. The zero-order chi connectivity index (χ0) is 21.5. The van der Waals surface area contributed by atoms with Crippen LogP contribution in [0, 0.1) is 0 Å². The molecule has 29 heavy (non-hydrogen) atoms. The summed E-state index contributed by atoms with van der Waals surface area (Å²) in [6.45, 7) is 9.25. The first kappa shape index (κ1) is 29.4. The molecule has 0 heterocycles. The Morgan fingerprint density at radius 3 is 0.897 bits per heavy atom. The second-order valence-corrected chi connectivity index (χ2v) is 14.1. The van der Waals surface area contributed by atoms with Crippen LogP contribution in [0.25, 0.3) is 0 Å². The molecule has 0 aliphatic rings. The Kier molecular flexibility index (Phi) is 23.4. The van der Waals surface area contributed by atoms with Gasteiger partial charge in [-0.3, -0.25) is 0 Å². The van der Waals surface area contributed by atoms with E-state index in [9.17, 15) is 0 Å². The zero-order valence-corrected chi connectivity index (χ0v) is 22.7. The van der Waals surface area contributed by atoms with E-state index in [1.807, 2.05) is 0 Å². The third kappa shape index (κ3) is 21.4. The van der Waals surface area contributed by atoms with Crippen LogP contribution < -0.4 is 0 Å². The third-order valence-electron chi connectivity index (χ3n) is 5.59. The minimum absolute atomic E-state index is 0.813. The number of unbranched alkanes of at least 4 members (excludes halogenated alkanes) is 15. The average Bonchev–Trinajstić information content (AvgIpc) is 2.72. The molecule has 0 spiro atoms. The van der Waals surface area contributed by atoms with Crippen LogP contribution in [0.4, 0.5) is 0 Å². The van der Waals surface area contributed by atoms with Crippen LogP contribution in [0.15, 0.2) is 0 Å². The molecule has 176 valence electrons. The van der Waals surface area contributed by atoms with Crippen molar-refractivity contribution in [2.45, 2.75) is 142 Å². The van der Waals surface area contributed by atoms with Gasteiger partial charge in [0.25, 0.3) is 0 Å². The first-order chi connectivity index (χ1) is 14.2. The van der Waals surface area contributed by atoms with Gasteiger partial charge >= 0.3 is 187 Å². The Labute approximate surface area is 187 Å². The molecular weight excluding hydrogens is 421 g/mol. The standard InChI is InChI=1S/C25H54GeO3/c1-5-8-11-14-16-19-22-25-29-26(4,27-23-20-17-13-10-7-3)28-24-21-18-15-12-9-6-2/h5-25H2,1-4H3. The fourth-order valence-corrected chi connectivity index (χ4v) is 7.31. The quantitative estimate of drug-likeness (QED) is 0.103. The van der Waals surface area contributed by atoms with Gasteiger partial charge in [-0.05, 0) is 0 Å². The average molecular weight is 475 g/mol. The van der Waals surface area contributed by atoms with Gasteiger partial charge in [0.15, 0.2) is 0 Å². The molecule has 0 bridgehead atoms. The van der Waals surface area contributed by atoms with Crippen molar-refractivity contribution in [3.05, 3.63) is 0 Å². The molecule has 4 heteroatoms. The van der Waals surface area contributed by atoms with Crippen molar-refractivity contribution in [1.82, 2.24) is 0 Å². The van der Waals surface area contributed by atoms with E-state index in [-0.39, 0.29) is 0 Å². The molecule has 0 rings (SSSR count). The van der Waals surface area contributed by atoms with E-state index >= 15 is 0 Å². The van der Waals surface area contributed by atoms with E-state index in [4.69, 9.17) is 11.3 Å². The van der Waals surface area contributed by atoms with Gasteiger partial charge in [0, 0.05) is 0 Å². The molecule has 0 aromatic heterocycles. The summed E-state index contributed by atoms with van der Waals surface area (Å²) in [6.07, 6.45) is 23.3. The Hall–Kier alpha value is 0.423. The van der Waals surface area contributed by atoms with E-state index in [0.717, 1.165) is 39.1 Å². The topological polar surface area (TPSA) is 27.7 Å². The molecule has 0 saturated heterocycles. The predicted molar refractivity (Wildman–Crippen MR) is 130 cm³/mol. The van der Waals surface area contributed by atoms with Gasteiger partial charge in [-0.1, -0.05) is 0 Å². The fraction of sp³-hybridized carbons (Fsp3) is 1.00. The molecule has 0 aromatic carbocycles. The summed E-state index contributed by atoms with van der Waals surface area (Å²) in [5, 5.41) is 0. The van der Waals surface area contributed by atoms with E-state index in [0.29, 0.717) is 0 Å². The normalized spacial score (nSPS) is 13.7. The van der Waals surface area contributed by atoms with Crippen LogP contribution in [0.5, 0.6) is 0 Å². The Bertz CT molecular complexity index is 314.